The van der Waals surface area contributed by atoms with Gasteiger partial charge in [-0.3, -0.25) is 18.3 Å². The largest absolute Gasteiger partial charge is 0.466 e. The van der Waals surface area contributed by atoms with Crippen molar-refractivity contribution in [2.75, 3.05) is 26.9 Å². The van der Waals surface area contributed by atoms with Gasteiger partial charge >= 0.3 is 22.3 Å². The smallest absolute Gasteiger partial charge is 0.397 e. The molecule has 0 rings (SSSR count). The van der Waals surface area contributed by atoms with E-state index >= 15 is 0 Å². The highest BCUT2D eigenvalue weighted by atomic mass is 32.3. The van der Waals surface area contributed by atoms with Crippen LogP contribution in [0.25, 0.3) is 0 Å². The van der Waals surface area contributed by atoms with E-state index in [2.05, 4.69) is 18.0 Å². The number of hydrogen-bond acceptors (Lipinski definition) is 9. The van der Waals surface area contributed by atoms with Gasteiger partial charge in [0.05, 0.1) is 20.3 Å². The minimum Gasteiger partial charge on any atom is -0.466 e. The molecule has 4 N–H and O–H groups in total. The minimum absolute atomic E-state index is 0.0453. The standard InChI is InChI=1S/C39H77NO5.CH4O4S/c1-3-5-7-9-11-13-15-17-19-21-23-25-27-29-37(42)44-35-32-39(40,31-34-41)33-36-45-38(43)30-28-26-24-22-20-18-16-14-12-10-8-6-4-2;1-5-6(2,3)4/h41H,3-36,40H2,1-2H3;1H3,(H,2,3,4). The average molecular weight is 752 g/mol. The molecule has 0 aliphatic rings. The van der Waals surface area contributed by atoms with Gasteiger partial charge in [-0.25, -0.2) is 0 Å². The zero-order valence-corrected chi connectivity index (χ0v) is 34.1. The number of aliphatic hydroxyl groups is 1. The Bertz CT molecular complexity index is 822. The fourth-order valence-electron chi connectivity index (χ4n) is 6.05. The van der Waals surface area contributed by atoms with E-state index in [1.165, 1.54) is 141 Å². The maximum Gasteiger partial charge on any atom is 0.397 e. The Morgan fingerprint density at radius 3 is 1.02 bits per heavy atom. The molecule has 0 spiro atoms. The van der Waals surface area contributed by atoms with Crippen molar-refractivity contribution in [2.45, 2.75) is 218 Å². The van der Waals surface area contributed by atoms with Crippen LogP contribution in [0.15, 0.2) is 0 Å². The number of rotatable bonds is 37. The number of hydrogen-bond donors (Lipinski definition) is 3. The minimum atomic E-state index is -4.16. The monoisotopic (exact) mass is 752 g/mol. The van der Waals surface area contributed by atoms with Crippen LogP contribution in [-0.2, 0) is 33.6 Å². The number of aliphatic hydroxyl groups excluding tert-OH is 1. The first kappa shape index (κ1) is 51.8. The lowest BCUT2D eigenvalue weighted by Gasteiger charge is -2.28. The topological polar surface area (TPSA) is 162 Å². The predicted molar refractivity (Wildman–Crippen MR) is 209 cm³/mol. The molecule has 0 bridgehead atoms. The summed E-state index contributed by atoms with van der Waals surface area (Å²) in [5.74, 6) is -0.345. The Morgan fingerprint density at radius 2 is 0.784 bits per heavy atom. The molecular weight excluding hydrogens is 671 g/mol. The van der Waals surface area contributed by atoms with Crippen molar-refractivity contribution < 1.29 is 41.3 Å². The number of carbonyl (C=O) groups is 2. The highest BCUT2D eigenvalue weighted by Gasteiger charge is 2.25. The molecule has 0 saturated heterocycles. The number of ether oxygens (including phenoxy) is 2. The first-order chi connectivity index (χ1) is 24.5. The molecule has 0 aliphatic carbocycles. The van der Waals surface area contributed by atoms with E-state index in [1.807, 2.05) is 0 Å². The van der Waals surface area contributed by atoms with Crippen LogP contribution in [0.4, 0.5) is 0 Å². The zero-order chi connectivity index (χ0) is 38.3. The van der Waals surface area contributed by atoms with Crippen molar-refractivity contribution in [2.24, 2.45) is 5.73 Å². The summed E-state index contributed by atoms with van der Waals surface area (Å²) in [6.07, 6.45) is 35.5. The van der Waals surface area contributed by atoms with E-state index in [1.54, 1.807) is 0 Å². The van der Waals surface area contributed by atoms with Crippen molar-refractivity contribution in [3.05, 3.63) is 0 Å². The normalized spacial score (nSPS) is 11.6. The number of esters is 2. The molecule has 51 heavy (non-hydrogen) atoms. The van der Waals surface area contributed by atoms with Gasteiger partial charge in [0.1, 0.15) is 0 Å². The fourth-order valence-corrected chi connectivity index (χ4v) is 6.05. The van der Waals surface area contributed by atoms with E-state index in [4.69, 9.17) is 19.8 Å². The molecule has 10 nitrogen and oxygen atoms in total. The third-order valence-corrected chi connectivity index (χ3v) is 9.94. The summed E-state index contributed by atoms with van der Waals surface area (Å²) >= 11 is 0. The third kappa shape index (κ3) is 43.0. The van der Waals surface area contributed by atoms with Crippen LogP contribution >= 0.6 is 0 Å². The van der Waals surface area contributed by atoms with E-state index in [-0.39, 0.29) is 31.8 Å². The molecule has 0 atom stereocenters. The molecule has 0 radical (unpaired) electrons. The van der Waals surface area contributed by atoms with Crippen LogP contribution in [0.2, 0.25) is 0 Å². The summed E-state index contributed by atoms with van der Waals surface area (Å²) in [7, 11) is -3.29. The summed E-state index contributed by atoms with van der Waals surface area (Å²) in [5.41, 5.74) is 5.78. The lowest BCUT2D eigenvalue weighted by Crippen LogP contribution is -2.43. The van der Waals surface area contributed by atoms with Crippen molar-refractivity contribution in [1.29, 1.82) is 0 Å². The second-order valence-corrected chi connectivity index (χ2v) is 15.5. The van der Waals surface area contributed by atoms with Crippen molar-refractivity contribution in [1.82, 2.24) is 0 Å². The van der Waals surface area contributed by atoms with Crippen molar-refractivity contribution in [3.8, 4) is 0 Å². The van der Waals surface area contributed by atoms with Gasteiger partial charge in [0.25, 0.3) is 0 Å². The summed E-state index contributed by atoms with van der Waals surface area (Å²) in [5, 5.41) is 9.50. The number of nitrogens with two attached hydrogens (primary N) is 1. The molecule has 0 fully saturated rings. The average Bonchev–Trinajstić information content (AvgIpc) is 3.09. The lowest BCUT2D eigenvalue weighted by atomic mass is 9.90. The van der Waals surface area contributed by atoms with Crippen LogP contribution < -0.4 is 5.73 Å². The maximum absolute atomic E-state index is 12.2. The van der Waals surface area contributed by atoms with Crippen LogP contribution in [0.1, 0.15) is 213 Å². The van der Waals surface area contributed by atoms with E-state index in [0.29, 0.717) is 32.1 Å². The highest BCUT2D eigenvalue weighted by Crippen LogP contribution is 2.19. The van der Waals surface area contributed by atoms with Crippen LogP contribution in [0.5, 0.6) is 0 Å². The van der Waals surface area contributed by atoms with Crippen LogP contribution in [-0.4, -0.2) is 62.5 Å². The van der Waals surface area contributed by atoms with Gasteiger partial charge in [-0.05, 0) is 32.1 Å². The molecule has 306 valence electrons. The van der Waals surface area contributed by atoms with E-state index in [9.17, 15) is 23.1 Å². The van der Waals surface area contributed by atoms with Gasteiger partial charge in [0, 0.05) is 25.0 Å². The zero-order valence-electron chi connectivity index (χ0n) is 33.3. The molecule has 0 aliphatic heterocycles. The molecule has 11 heteroatoms. The van der Waals surface area contributed by atoms with Crippen molar-refractivity contribution >= 4 is 22.3 Å². The Hall–Kier alpha value is -1.27. The van der Waals surface area contributed by atoms with Gasteiger partial charge in [-0.1, -0.05) is 168 Å². The third-order valence-electron chi connectivity index (χ3n) is 9.52. The quantitative estimate of drug-likeness (QED) is 0.0316. The summed E-state index contributed by atoms with van der Waals surface area (Å²) in [4.78, 5) is 24.4. The molecule has 0 aromatic carbocycles. The van der Waals surface area contributed by atoms with Crippen LogP contribution in [0.3, 0.4) is 0 Å². The Balaban J connectivity index is 0. The summed E-state index contributed by atoms with van der Waals surface area (Å²) in [6.45, 7) is 4.95. The fraction of sp³-hybridized carbons (Fsp3) is 0.950. The first-order valence-electron chi connectivity index (χ1n) is 20.8. The van der Waals surface area contributed by atoms with Gasteiger partial charge in [0.15, 0.2) is 0 Å². The maximum atomic E-state index is 12.2. The highest BCUT2D eigenvalue weighted by molar-refractivity contribution is 7.80. The van der Waals surface area contributed by atoms with Gasteiger partial charge in [0.2, 0.25) is 0 Å². The Morgan fingerprint density at radius 1 is 0.529 bits per heavy atom. The number of carbonyl (C=O) groups excluding carboxylic acids is 2. The van der Waals surface area contributed by atoms with E-state index < -0.39 is 15.9 Å². The Labute approximate surface area is 314 Å². The van der Waals surface area contributed by atoms with Crippen LogP contribution in [0, 0.1) is 0 Å². The SMILES string of the molecule is CCCCCCCCCCCCCCCC(=O)OCCC(N)(CCO)CCOC(=O)CCCCCCCCCCCCCCC.COS(=O)(=O)O. The predicted octanol–water partition coefficient (Wildman–Crippen LogP) is 10.3. The summed E-state index contributed by atoms with van der Waals surface area (Å²) < 4.78 is 40.6. The lowest BCUT2D eigenvalue weighted by molar-refractivity contribution is -0.144. The molecule has 0 aromatic heterocycles. The second kappa shape index (κ2) is 38.5. The first-order valence-corrected chi connectivity index (χ1v) is 22.1. The second-order valence-electron chi connectivity index (χ2n) is 14.4. The van der Waals surface area contributed by atoms with E-state index in [0.717, 1.165) is 32.8 Å². The molecule has 0 amide bonds. The number of unbranched alkanes of at least 4 members (excludes halogenated alkanes) is 24. The van der Waals surface area contributed by atoms with Gasteiger partial charge in [-0.15, -0.1) is 0 Å². The molecule has 0 heterocycles. The van der Waals surface area contributed by atoms with Gasteiger partial charge in [-0.2, -0.15) is 8.42 Å². The summed E-state index contributed by atoms with van der Waals surface area (Å²) in [6, 6.07) is 0. The molecule has 0 aromatic rings. The molecular formula is C40H81NO9S. The van der Waals surface area contributed by atoms with Gasteiger partial charge < -0.3 is 20.3 Å². The van der Waals surface area contributed by atoms with Crippen molar-refractivity contribution in [3.63, 3.8) is 0 Å². The molecule has 0 unspecified atom stereocenters. The Kier molecular flexibility index (Phi) is 39.1. The molecule has 0 saturated carbocycles.